The molecule has 1 saturated heterocycles. The van der Waals surface area contributed by atoms with Gasteiger partial charge in [-0.2, -0.15) is 0 Å². The monoisotopic (exact) mass is 394 g/mol. The summed E-state index contributed by atoms with van der Waals surface area (Å²) in [5.41, 5.74) is 3.03. The van der Waals surface area contributed by atoms with Gasteiger partial charge in [0.2, 0.25) is 5.95 Å². The summed E-state index contributed by atoms with van der Waals surface area (Å²) in [4.78, 5) is 12.3. The molecule has 0 bridgehead atoms. The Morgan fingerprint density at radius 2 is 1.89 bits per heavy atom. The van der Waals surface area contributed by atoms with Crippen molar-refractivity contribution < 1.29 is 9.84 Å². The van der Waals surface area contributed by atoms with Gasteiger partial charge in [-0.1, -0.05) is 23.9 Å². The molecule has 1 aliphatic heterocycles. The molecule has 0 aliphatic carbocycles. The summed E-state index contributed by atoms with van der Waals surface area (Å²) < 4.78 is 5.41. The number of ether oxygens (including phenoxy) is 1. The van der Waals surface area contributed by atoms with Gasteiger partial charge in [0.1, 0.15) is 5.03 Å². The number of nitrogens with one attached hydrogen (secondary N) is 1. The summed E-state index contributed by atoms with van der Waals surface area (Å²) in [6.07, 6.45) is 1.75. The van der Waals surface area contributed by atoms with E-state index in [1.807, 2.05) is 42.5 Å². The molecular formula is C21H22N4O2S. The third-order valence-corrected chi connectivity index (χ3v) is 5.36. The zero-order valence-electron chi connectivity index (χ0n) is 15.4. The van der Waals surface area contributed by atoms with Crippen molar-refractivity contribution >= 4 is 29.1 Å². The highest BCUT2D eigenvalue weighted by Gasteiger charge is 2.11. The number of nitrogens with zero attached hydrogens (tertiary/aromatic N) is 3. The number of hydrogen-bond acceptors (Lipinski definition) is 7. The summed E-state index contributed by atoms with van der Waals surface area (Å²) in [5, 5.41) is 13.4. The maximum atomic E-state index is 9.28. The predicted molar refractivity (Wildman–Crippen MR) is 111 cm³/mol. The van der Waals surface area contributed by atoms with Crippen LogP contribution in [0.25, 0.3) is 0 Å². The van der Waals surface area contributed by atoms with E-state index in [1.54, 1.807) is 18.0 Å². The van der Waals surface area contributed by atoms with Crippen molar-refractivity contribution in [1.82, 2.24) is 9.97 Å². The van der Waals surface area contributed by atoms with Crippen molar-refractivity contribution in [2.24, 2.45) is 0 Å². The van der Waals surface area contributed by atoms with Crippen LogP contribution < -0.4 is 10.2 Å². The van der Waals surface area contributed by atoms with Crippen LogP contribution in [0, 0.1) is 0 Å². The molecule has 0 atom stereocenters. The lowest BCUT2D eigenvalue weighted by Gasteiger charge is -2.28. The molecule has 0 spiro atoms. The number of hydrogen-bond donors (Lipinski definition) is 2. The van der Waals surface area contributed by atoms with E-state index in [1.165, 1.54) is 5.69 Å². The molecule has 1 fully saturated rings. The maximum Gasteiger partial charge on any atom is 0.228 e. The standard InChI is InChI=1S/C21H22N4O2S/c26-15-16-2-1-3-19(14-16)28-20-8-9-22-21(24-20)23-17-4-6-18(7-5-17)25-10-12-27-13-11-25/h1-9,14,26H,10-13,15H2,(H,22,23,24). The lowest BCUT2D eigenvalue weighted by atomic mass is 10.2. The topological polar surface area (TPSA) is 70.5 Å². The molecule has 6 nitrogen and oxygen atoms in total. The number of aliphatic hydroxyl groups excluding tert-OH is 1. The molecule has 144 valence electrons. The number of morpholine rings is 1. The molecule has 28 heavy (non-hydrogen) atoms. The Bertz CT molecular complexity index is 914. The zero-order chi connectivity index (χ0) is 19.2. The first-order valence-electron chi connectivity index (χ1n) is 9.21. The van der Waals surface area contributed by atoms with Gasteiger partial charge in [0, 0.05) is 35.6 Å². The number of aliphatic hydroxyl groups is 1. The largest absolute Gasteiger partial charge is 0.392 e. The minimum absolute atomic E-state index is 0.0332. The van der Waals surface area contributed by atoms with Gasteiger partial charge >= 0.3 is 0 Å². The van der Waals surface area contributed by atoms with Crippen molar-refractivity contribution in [3.8, 4) is 0 Å². The summed E-state index contributed by atoms with van der Waals surface area (Å²) in [7, 11) is 0. The highest BCUT2D eigenvalue weighted by molar-refractivity contribution is 7.99. The third kappa shape index (κ3) is 4.81. The zero-order valence-corrected chi connectivity index (χ0v) is 16.2. The predicted octanol–water partition coefficient (Wildman–Crippen LogP) is 3.70. The Kier molecular flexibility index (Phi) is 6.06. The van der Waals surface area contributed by atoms with E-state index in [0.29, 0.717) is 5.95 Å². The molecule has 0 unspecified atom stereocenters. The van der Waals surface area contributed by atoms with E-state index in [9.17, 15) is 5.11 Å². The van der Waals surface area contributed by atoms with E-state index in [0.717, 1.165) is 47.5 Å². The summed E-state index contributed by atoms with van der Waals surface area (Å²) in [6, 6.07) is 18.0. The van der Waals surface area contributed by atoms with E-state index in [2.05, 4.69) is 32.3 Å². The van der Waals surface area contributed by atoms with Crippen LogP contribution in [-0.2, 0) is 11.3 Å². The molecule has 4 rings (SSSR count). The summed E-state index contributed by atoms with van der Waals surface area (Å²) >= 11 is 1.54. The van der Waals surface area contributed by atoms with Crippen molar-refractivity contribution in [1.29, 1.82) is 0 Å². The molecule has 1 aromatic heterocycles. The Morgan fingerprint density at radius 3 is 2.68 bits per heavy atom. The summed E-state index contributed by atoms with van der Waals surface area (Å²) in [6.45, 7) is 3.43. The molecule has 0 amide bonds. The van der Waals surface area contributed by atoms with E-state index >= 15 is 0 Å². The third-order valence-electron chi connectivity index (χ3n) is 4.43. The smallest absolute Gasteiger partial charge is 0.228 e. The molecule has 3 aromatic rings. The van der Waals surface area contributed by atoms with Crippen LogP contribution in [0.1, 0.15) is 5.56 Å². The van der Waals surface area contributed by atoms with Gasteiger partial charge < -0.3 is 20.1 Å². The van der Waals surface area contributed by atoms with Crippen LogP contribution in [0.15, 0.2) is 70.7 Å². The maximum absolute atomic E-state index is 9.28. The van der Waals surface area contributed by atoms with Gasteiger partial charge in [0.15, 0.2) is 0 Å². The first-order chi connectivity index (χ1) is 13.8. The first-order valence-corrected chi connectivity index (χ1v) is 10.0. The van der Waals surface area contributed by atoms with Gasteiger partial charge in [-0.3, -0.25) is 0 Å². The van der Waals surface area contributed by atoms with Gasteiger partial charge in [-0.25, -0.2) is 9.97 Å². The normalized spacial score (nSPS) is 14.1. The van der Waals surface area contributed by atoms with E-state index in [4.69, 9.17) is 4.74 Å². The summed E-state index contributed by atoms with van der Waals surface area (Å²) in [5.74, 6) is 0.558. The molecular weight excluding hydrogens is 372 g/mol. The van der Waals surface area contributed by atoms with Crippen LogP contribution in [0.2, 0.25) is 0 Å². The molecule has 2 aromatic carbocycles. The number of benzene rings is 2. The van der Waals surface area contributed by atoms with E-state index < -0.39 is 0 Å². The van der Waals surface area contributed by atoms with Crippen molar-refractivity contribution in [2.75, 3.05) is 36.5 Å². The highest BCUT2D eigenvalue weighted by atomic mass is 32.2. The second-order valence-electron chi connectivity index (χ2n) is 6.40. The van der Waals surface area contributed by atoms with Gasteiger partial charge in [0.05, 0.1) is 19.8 Å². The minimum Gasteiger partial charge on any atom is -0.392 e. The second-order valence-corrected chi connectivity index (χ2v) is 7.49. The van der Waals surface area contributed by atoms with Gasteiger partial charge in [-0.15, -0.1) is 0 Å². The molecule has 0 saturated carbocycles. The van der Waals surface area contributed by atoms with Crippen LogP contribution >= 0.6 is 11.8 Å². The Hall–Kier alpha value is -2.61. The van der Waals surface area contributed by atoms with Crippen LogP contribution in [0.5, 0.6) is 0 Å². The van der Waals surface area contributed by atoms with Crippen LogP contribution in [-0.4, -0.2) is 41.4 Å². The van der Waals surface area contributed by atoms with Crippen molar-refractivity contribution in [2.45, 2.75) is 16.5 Å². The highest BCUT2D eigenvalue weighted by Crippen LogP contribution is 2.28. The van der Waals surface area contributed by atoms with Gasteiger partial charge in [-0.05, 0) is 48.0 Å². The molecule has 2 N–H and O–H groups in total. The van der Waals surface area contributed by atoms with E-state index in [-0.39, 0.29) is 6.61 Å². The van der Waals surface area contributed by atoms with Crippen molar-refractivity contribution in [3.63, 3.8) is 0 Å². The second kappa shape index (κ2) is 9.05. The Balaban J connectivity index is 1.42. The number of anilines is 3. The Labute approximate surface area is 168 Å². The molecule has 1 aliphatic rings. The first kappa shape index (κ1) is 18.7. The quantitative estimate of drug-likeness (QED) is 0.618. The van der Waals surface area contributed by atoms with Crippen molar-refractivity contribution in [3.05, 3.63) is 66.4 Å². The number of rotatable bonds is 6. The minimum atomic E-state index is 0.0332. The fourth-order valence-electron chi connectivity index (χ4n) is 2.99. The number of aromatic nitrogens is 2. The average molecular weight is 395 g/mol. The SMILES string of the molecule is OCc1cccc(Sc2ccnc(Nc3ccc(N4CCOCC4)cc3)n2)c1. The van der Waals surface area contributed by atoms with Gasteiger partial charge in [0.25, 0.3) is 0 Å². The molecule has 7 heteroatoms. The van der Waals surface area contributed by atoms with Crippen LogP contribution in [0.3, 0.4) is 0 Å². The molecule has 0 radical (unpaired) electrons. The lowest BCUT2D eigenvalue weighted by molar-refractivity contribution is 0.122. The molecule has 2 heterocycles. The Morgan fingerprint density at radius 1 is 1.07 bits per heavy atom. The fraction of sp³-hybridized carbons (Fsp3) is 0.238. The van der Waals surface area contributed by atoms with Crippen LogP contribution in [0.4, 0.5) is 17.3 Å². The average Bonchev–Trinajstić information content (AvgIpc) is 2.75. The fourth-order valence-corrected chi connectivity index (χ4v) is 3.85. The lowest BCUT2D eigenvalue weighted by Crippen LogP contribution is -2.36.